The second kappa shape index (κ2) is 7.91. The zero-order valence-corrected chi connectivity index (χ0v) is 11.8. The van der Waals surface area contributed by atoms with E-state index in [4.69, 9.17) is 0 Å². The van der Waals surface area contributed by atoms with Crippen LogP contribution in [0.3, 0.4) is 0 Å². The lowest BCUT2D eigenvalue weighted by Crippen LogP contribution is -2.14. The van der Waals surface area contributed by atoms with Crippen LogP contribution in [0.1, 0.15) is 63.2 Å². The number of carbonyl (C=O) groups is 1. The number of benzene rings is 1. The van der Waals surface area contributed by atoms with Crippen molar-refractivity contribution in [2.75, 3.05) is 5.32 Å². The highest BCUT2D eigenvalue weighted by atomic mass is 16.1. The molecule has 1 atom stereocenters. The van der Waals surface area contributed by atoms with E-state index in [1.807, 2.05) is 31.2 Å². The molecule has 1 aromatic carbocycles. The molecule has 1 unspecified atom stereocenters. The van der Waals surface area contributed by atoms with Crippen LogP contribution in [0.25, 0.3) is 0 Å². The first-order valence-corrected chi connectivity index (χ1v) is 7.07. The SMILES string of the molecule is CCCCCC(C)Nc1ccc(C(=O)CC)cc1. The quantitative estimate of drug-likeness (QED) is 0.534. The number of carbonyl (C=O) groups excluding carboxylic acids is 1. The Hall–Kier alpha value is -1.31. The number of rotatable bonds is 8. The summed E-state index contributed by atoms with van der Waals surface area (Å²) in [6.45, 7) is 6.33. The maximum Gasteiger partial charge on any atom is 0.162 e. The predicted octanol–water partition coefficient (Wildman–Crippen LogP) is 4.66. The Labute approximate surface area is 111 Å². The highest BCUT2D eigenvalue weighted by Gasteiger charge is 2.04. The number of ketones is 1. The summed E-state index contributed by atoms with van der Waals surface area (Å²) in [6.07, 6.45) is 5.61. The zero-order valence-electron chi connectivity index (χ0n) is 11.8. The molecule has 0 saturated heterocycles. The molecule has 1 aromatic rings. The fraction of sp³-hybridized carbons (Fsp3) is 0.562. The van der Waals surface area contributed by atoms with E-state index in [1.54, 1.807) is 0 Å². The van der Waals surface area contributed by atoms with E-state index < -0.39 is 0 Å². The highest BCUT2D eigenvalue weighted by molar-refractivity contribution is 5.96. The smallest absolute Gasteiger partial charge is 0.162 e. The van der Waals surface area contributed by atoms with E-state index in [2.05, 4.69) is 19.2 Å². The van der Waals surface area contributed by atoms with Gasteiger partial charge in [-0.15, -0.1) is 0 Å². The van der Waals surface area contributed by atoms with Gasteiger partial charge in [0.05, 0.1) is 0 Å². The third-order valence-corrected chi connectivity index (χ3v) is 3.18. The number of hydrogen-bond donors (Lipinski definition) is 1. The van der Waals surface area contributed by atoms with Crippen LogP contribution in [-0.4, -0.2) is 11.8 Å². The molecule has 1 N–H and O–H groups in total. The summed E-state index contributed by atoms with van der Waals surface area (Å²) in [5.74, 6) is 0.206. The molecule has 0 bridgehead atoms. The maximum absolute atomic E-state index is 11.5. The molecule has 0 aliphatic heterocycles. The van der Waals surface area contributed by atoms with E-state index in [0.29, 0.717) is 12.5 Å². The monoisotopic (exact) mass is 247 g/mol. The highest BCUT2D eigenvalue weighted by Crippen LogP contribution is 2.14. The lowest BCUT2D eigenvalue weighted by Gasteiger charge is -2.15. The lowest BCUT2D eigenvalue weighted by molar-refractivity contribution is 0.0988. The Bertz CT molecular complexity index is 356. The topological polar surface area (TPSA) is 29.1 Å². The van der Waals surface area contributed by atoms with Crippen LogP contribution in [-0.2, 0) is 0 Å². The Kier molecular flexibility index (Phi) is 6.48. The van der Waals surface area contributed by atoms with Crippen molar-refractivity contribution in [3.05, 3.63) is 29.8 Å². The van der Waals surface area contributed by atoms with Gasteiger partial charge >= 0.3 is 0 Å². The summed E-state index contributed by atoms with van der Waals surface area (Å²) in [6, 6.07) is 8.31. The van der Waals surface area contributed by atoms with Gasteiger partial charge in [-0.1, -0.05) is 33.1 Å². The maximum atomic E-state index is 11.5. The van der Waals surface area contributed by atoms with Crippen LogP contribution < -0.4 is 5.32 Å². The fourth-order valence-corrected chi connectivity index (χ4v) is 2.01. The van der Waals surface area contributed by atoms with Gasteiger partial charge in [0, 0.05) is 23.7 Å². The van der Waals surface area contributed by atoms with E-state index in [0.717, 1.165) is 11.3 Å². The molecule has 18 heavy (non-hydrogen) atoms. The zero-order chi connectivity index (χ0) is 13.4. The van der Waals surface area contributed by atoms with E-state index in [1.165, 1.54) is 25.7 Å². The summed E-state index contributed by atoms with van der Waals surface area (Å²) in [5, 5.41) is 3.47. The van der Waals surface area contributed by atoms with Gasteiger partial charge in [-0.05, 0) is 37.6 Å². The first-order chi connectivity index (χ1) is 8.67. The van der Waals surface area contributed by atoms with Gasteiger partial charge in [0.2, 0.25) is 0 Å². The summed E-state index contributed by atoms with van der Waals surface area (Å²) in [7, 11) is 0. The Morgan fingerprint density at radius 2 is 1.83 bits per heavy atom. The number of anilines is 1. The summed E-state index contributed by atoms with van der Waals surface area (Å²) in [5.41, 5.74) is 1.91. The fourth-order valence-electron chi connectivity index (χ4n) is 2.01. The number of unbranched alkanes of at least 4 members (excludes halogenated alkanes) is 2. The minimum absolute atomic E-state index is 0.206. The van der Waals surface area contributed by atoms with Gasteiger partial charge in [-0.2, -0.15) is 0 Å². The Balaban J connectivity index is 2.45. The summed E-state index contributed by atoms with van der Waals surface area (Å²) in [4.78, 5) is 11.5. The molecule has 0 spiro atoms. The second-order valence-electron chi connectivity index (χ2n) is 4.90. The Morgan fingerprint density at radius 1 is 1.17 bits per heavy atom. The van der Waals surface area contributed by atoms with Crippen molar-refractivity contribution in [3.8, 4) is 0 Å². The molecular formula is C16H25NO. The second-order valence-corrected chi connectivity index (χ2v) is 4.90. The van der Waals surface area contributed by atoms with Gasteiger partial charge in [0.1, 0.15) is 0 Å². The average Bonchev–Trinajstić information content (AvgIpc) is 2.39. The average molecular weight is 247 g/mol. The molecule has 2 heteroatoms. The van der Waals surface area contributed by atoms with Crippen LogP contribution in [0.15, 0.2) is 24.3 Å². The van der Waals surface area contributed by atoms with Crippen molar-refractivity contribution < 1.29 is 4.79 Å². The van der Waals surface area contributed by atoms with Crippen LogP contribution in [0.4, 0.5) is 5.69 Å². The van der Waals surface area contributed by atoms with Gasteiger partial charge in [-0.25, -0.2) is 0 Å². The first kappa shape index (κ1) is 14.7. The third kappa shape index (κ3) is 4.91. The van der Waals surface area contributed by atoms with Crippen molar-refractivity contribution in [1.29, 1.82) is 0 Å². The van der Waals surface area contributed by atoms with Crippen LogP contribution in [0.2, 0.25) is 0 Å². The van der Waals surface area contributed by atoms with Crippen molar-refractivity contribution in [1.82, 2.24) is 0 Å². The largest absolute Gasteiger partial charge is 0.383 e. The normalized spacial score (nSPS) is 12.2. The molecule has 1 rings (SSSR count). The summed E-state index contributed by atoms with van der Waals surface area (Å²) >= 11 is 0. The minimum atomic E-state index is 0.206. The molecule has 0 heterocycles. The molecule has 0 aromatic heterocycles. The first-order valence-electron chi connectivity index (χ1n) is 7.07. The van der Waals surface area contributed by atoms with Crippen molar-refractivity contribution in [3.63, 3.8) is 0 Å². The molecule has 100 valence electrons. The number of Topliss-reactive ketones (excluding diaryl/α,β-unsaturated/α-hetero) is 1. The van der Waals surface area contributed by atoms with Gasteiger partial charge in [-0.3, -0.25) is 4.79 Å². The standard InChI is InChI=1S/C16H25NO/c1-4-6-7-8-13(3)17-15-11-9-14(10-12-15)16(18)5-2/h9-13,17H,4-8H2,1-3H3. The van der Waals surface area contributed by atoms with Gasteiger partial charge < -0.3 is 5.32 Å². The number of nitrogens with one attached hydrogen (secondary N) is 1. The molecule has 0 saturated carbocycles. The van der Waals surface area contributed by atoms with E-state index in [9.17, 15) is 4.79 Å². The van der Waals surface area contributed by atoms with Crippen molar-refractivity contribution in [2.45, 2.75) is 58.9 Å². The van der Waals surface area contributed by atoms with Crippen LogP contribution in [0, 0.1) is 0 Å². The van der Waals surface area contributed by atoms with Crippen molar-refractivity contribution in [2.24, 2.45) is 0 Å². The third-order valence-electron chi connectivity index (χ3n) is 3.18. The molecule has 0 radical (unpaired) electrons. The van der Waals surface area contributed by atoms with E-state index >= 15 is 0 Å². The van der Waals surface area contributed by atoms with E-state index in [-0.39, 0.29) is 5.78 Å². The van der Waals surface area contributed by atoms with Crippen LogP contribution >= 0.6 is 0 Å². The minimum Gasteiger partial charge on any atom is -0.383 e. The van der Waals surface area contributed by atoms with Gasteiger partial charge in [0.25, 0.3) is 0 Å². The molecule has 2 nitrogen and oxygen atoms in total. The summed E-state index contributed by atoms with van der Waals surface area (Å²) < 4.78 is 0. The molecule has 0 fully saturated rings. The molecule has 0 amide bonds. The van der Waals surface area contributed by atoms with Gasteiger partial charge in [0.15, 0.2) is 5.78 Å². The number of hydrogen-bond acceptors (Lipinski definition) is 2. The van der Waals surface area contributed by atoms with Crippen LogP contribution in [0.5, 0.6) is 0 Å². The Morgan fingerprint density at radius 3 is 2.39 bits per heavy atom. The molecule has 0 aliphatic carbocycles. The van der Waals surface area contributed by atoms with Crippen molar-refractivity contribution >= 4 is 11.5 Å². The molecular weight excluding hydrogens is 222 g/mol. The molecule has 0 aliphatic rings. The predicted molar refractivity (Wildman–Crippen MR) is 78.3 cm³/mol. The lowest BCUT2D eigenvalue weighted by atomic mass is 10.1.